The number of hydrogen-bond acceptors (Lipinski definition) is 43. The van der Waals surface area contributed by atoms with Crippen LogP contribution in [-0.2, 0) is 95.0 Å². The topological polar surface area (TPSA) is 757 Å². The van der Waals surface area contributed by atoms with Gasteiger partial charge in [0.1, 0.15) is 189 Å². The summed E-state index contributed by atoms with van der Waals surface area (Å²) in [7, 11) is 0. The van der Waals surface area contributed by atoms with E-state index in [1.807, 2.05) is 0 Å². The highest BCUT2D eigenvalue weighted by Gasteiger charge is 2.61. The molecule has 4 amide bonds. The van der Waals surface area contributed by atoms with Gasteiger partial charge in [-0.15, -0.1) is 0 Å². The predicted molar refractivity (Wildman–Crippen MR) is 328 cm³/mol. The minimum atomic E-state index is -3.06. The highest BCUT2D eigenvalue weighted by atomic mass is 16.8. The van der Waals surface area contributed by atoms with E-state index in [0.29, 0.717) is 0 Å². The van der Waals surface area contributed by atoms with Gasteiger partial charge in [0.25, 0.3) is 5.79 Å². The van der Waals surface area contributed by atoms with E-state index in [2.05, 4.69) is 21.3 Å². The van der Waals surface area contributed by atoms with Crippen LogP contribution in [0.1, 0.15) is 34.1 Å². The Kier molecular flexibility index (Phi) is 31.5. The standard InChI is InChI=1S/C59H98N4O44/c1-14(70)60-27-18(74)5-59(58(91)92,107-47(27)31(76)19(75)6-64)94-13-26-35(80)40(85)43(88)54(101-26)102-46-24(11-69)99-53(30(39(46)84)63-17(4)73)105-49-41(86)33(78)21(8-66)97-56(49)93-12-25-36(81)48(44(89)55(100-25)103-45-23(10-68)95-51(90)28(38(45)83)61-15(2)71)104-57-50(42(87)34(79)22(9-67)98-57)106-52-29(62-16(3)72)37(82)32(77)20(7-65)96-52/h18-57,64-69,74-90H,5-13H2,1-4H3,(H,60,70)(H,61,71)(H,62,72)(H,63,73)(H,91,92)/t18-,19+,20+,21+,22+,23+,24+,25+,26+,27+,28+,29+,30+,31+,32+,33+,34+,35-,36+,37+,38+,39+,40-,41-,42-,43+,44-,45+,46+,47+,48-,49-,50-,51?,52-,53-,54-,55-,56-,57+,59+/m0/s1. The average molecular weight is 1570 g/mol. The lowest BCUT2D eigenvalue weighted by atomic mass is 9.88. The Hall–Kier alpha value is -4.17. The molecule has 0 radical (unpaired) electrons. The Morgan fingerprint density at radius 1 is 0.383 bits per heavy atom. The molecule has 107 heavy (non-hydrogen) atoms. The second-order valence-corrected chi connectivity index (χ2v) is 26.8. The van der Waals surface area contributed by atoms with E-state index < -0.39 is 340 Å². The van der Waals surface area contributed by atoms with Crippen molar-refractivity contribution in [3.05, 3.63) is 0 Å². The molecule has 8 saturated heterocycles. The van der Waals surface area contributed by atoms with Crippen LogP contribution in [-0.4, -0.2) is 456 Å². The monoisotopic (exact) mass is 1570 g/mol. The van der Waals surface area contributed by atoms with E-state index >= 15 is 0 Å². The van der Waals surface area contributed by atoms with Gasteiger partial charge in [0.15, 0.2) is 44.0 Å². The van der Waals surface area contributed by atoms with E-state index in [0.717, 1.165) is 27.7 Å². The number of carbonyl (C=O) groups excluding carboxylic acids is 4. The van der Waals surface area contributed by atoms with Crippen LogP contribution in [0.5, 0.6) is 0 Å². The molecule has 8 aliphatic rings. The van der Waals surface area contributed by atoms with E-state index in [4.69, 9.17) is 71.1 Å². The van der Waals surface area contributed by atoms with Crippen molar-refractivity contribution in [2.24, 2.45) is 0 Å². The zero-order valence-electron chi connectivity index (χ0n) is 57.4. The Morgan fingerprint density at radius 2 is 0.766 bits per heavy atom. The van der Waals surface area contributed by atoms with Gasteiger partial charge in [0.2, 0.25) is 23.6 Å². The number of rotatable bonds is 29. The Labute approximate surface area is 605 Å². The van der Waals surface area contributed by atoms with Crippen LogP contribution in [0, 0.1) is 0 Å². The Bertz CT molecular complexity index is 2870. The summed E-state index contributed by atoms with van der Waals surface area (Å²) in [6, 6.07) is -7.13. The SMILES string of the molecule is CC(=O)N[C@H]1[C@H](O[C@@H]2[C@@H](OC[C@H]3O[C@@H](O[C@H]4[C@H](O)[C@@H](NC(C)=O)C(O)O[C@@H]4CO)[C@@H](O)[C@@H](O[C@H]4O[C@H](CO)[C@@H](O)[C@H](O)[C@@H]4O[C@@H]4O[C@H](CO)[C@@H](O)[C@H](O)[C@H]4NC(C)=O)[C@@H]3O)O[C@H](CO)[C@@H](O)[C@@H]2O)O[C@H](CO)[C@@H](O[C@@H]2O[C@H](CO[C@]3(C(=O)O)C[C@H](O)[C@@H](NC(C)=O)[C@H]([C@H](O)[C@H](O)CO)O3)[C@H](O)[C@H](O)[C@H]2O)[C@@H]1O. The number of carbonyl (C=O) groups is 5. The minimum Gasteiger partial charge on any atom is -0.477 e. The van der Waals surface area contributed by atoms with Crippen molar-refractivity contribution < 1.29 is 218 Å². The maximum Gasteiger partial charge on any atom is 0.364 e. The van der Waals surface area contributed by atoms with Gasteiger partial charge < -0.3 is 215 Å². The quantitative estimate of drug-likeness (QED) is 0.0331. The zero-order chi connectivity index (χ0) is 79.3. The smallest absolute Gasteiger partial charge is 0.364 e. The average Bonchev–Trinajstić information content (AvgIpc) is 0.792. The molecule has 8 aliphatic heterocycles. The molecule has 8 rings (SSSR count). The third-order valence-corrected chi connectivity index (χ3v) is 19.2. The third kappa shape index (κ3) is 19.7. The summed E-state index contributed by atoms with van der Waals surface area (Å²) >= 11 is 0. The molecule has 0 aliphatic carbocycles. The molecular formula is C59H98N4O44. The summed E-state index contributed by atoms with van der Waals surface area (Å²) in [4.78, 5) is 62.6. The van der Waals surface area contributed by atoms with Crippen molar-refractivity contribution in [3.8, 4) is 0 Å². The number of aliphatic hydroxyl groups is 23. The molecule has 8 heterocycles. The van der Waals surface area contributed by atoms with Crippen LogP contribution in [0.2, 0.25) is 0 Å². The number of ether oxygens (including phenoxy) is 15. The van der Waals surface area contributed by atoms with Gasteiger partial charge in [-0.25, -0.2) is 4.79 Å². The molecule has 48 heteroatoms. The summed E-state index contributed by atoms with van der Waals surface area (Å²) in [6.07, 6.45) is -77.3. The number of carboxylic acid groups (broad SMARTS) is 1. The van der Waals surface area contributed by atoms with E-state index in [9.17, 15) is 147 Å². The minimum absolute atomic E-state index is 0.825. The first-order valence-electron chi connectivity index (χ1n) is 33.7. The molecule has 48 nitrogen and oxygen atoms in total. The molecule has 1 unspecified atom stereocenters. The van der Waals surface area contributed by atoms with Crippen LogP contribution in [0.15, 0.2) is 0 Å². The van der Waals surface area contributed by atoms with Crippen LogP contribution < -0.4 is 21.3 Å². The van der Waals surface area contributed by atoms with Gasteiger partial charge in [0.05, 0.1) is 65.0 Å². The normalized spacial score (nSPS) is 46.9. The van der Waals surface area contributed by atoms with Crippen molar-refractivity contribution in [3.63, 3.8) is 0 Å². The number of carboxylic acids is 1. The molecule has 618 valence electrons. The lowest BCUT2D eigenvalue weighted by molar-refractivity contribution is -0.395. The fourth-order valence-electron chi connectivity index (χ4n) is 13.6. The Morgan fingerprint density at radius 3 is 1.26 bits per heavy atom. The van der Waals surface area contributed by atoms with Crippen LogP contribution in [0.3, 0.4) is 0 Å². The summed E-state index contributed by atoms with van der Waals surface area (Å²) in [6.45, 7) is -5.11. The maximum absolute atomic E-state index is 13.0. The number of aliphatic carboxylic acids is 1. The molecule has 8 fully saturated rings. The Balaban J connectivity index is 1.07. The second kappa shape index (κ2) is 38.1. The molecule has 28 N–H and O–H groups in total. The van der Waals surface area contributed by atoms with E-state index in [-0.39, 0.29) is 0 Å². The predicted octanol–water partition coefficient (Wildman–Crippen LogP) is -18.7. The largest absolute Gasteiger partial charge is 0.477 e. The summed E-state index contributed by atoms with van der Waals surface area (Å²) in [5.41, 5.74) is 0. The van der Waals surface area contributed by atoms with Crippen molar-refractivity contribution >= 4 is 29.6 Å². The highest BCUT2D eigenvalue weighted by Crippen LogP contribution is 2.40. The lowest BCUT2D eigenvalue weighted by Gasteiger charge is -2.50. The van der Waals surface area contributed by atoms with Gasteiger partial charge in [-0.05, 0) is 0 Å². The fraction of sp³-hybridized carbons (Fsp3) is 0.915. The summed E-state index contributed by atoms with van der Waals surface area (Å²) in [5, 5.41) is 274. The van der Waals surface area contributed by atoms with E-state index in [1.54, 1.807) is 0 Å². The lowest BCUT2D eigenvalue weighted by Crippen LogP contribution is -2.70. The molecule has 0 spiro atoms. The molecule has 0 bridgehead atoms. The zero-order valence-corrected chi connectivity index (χ0v) is 57.4. The third-order valence-electron chi connectivity index (χ3n) is 19.2. The van der Waals surface area contributed by atoms with Gasteiger partial charge in [-0.1, -0.05) is 0 Å². The molecule has 0 saturated carbocycles. The van der Waals surface area contributed by atoms with Gasteiger partial charge in [0, 0.05) is 34.1 Å². The van der Waals surface area contributed by atoms with Crippen LogP contribution in [0.4, 0.5) is 0 Å². The van der Waals surface area contributed by atoms with Crippen molar-refractivity contribution in [2.45, 2.75) is 285 Å². The van der Waals surface area contributed by atoms with Crippen molar-refractivity contribution in [1.29, 1.82) is 0 Å². The van der Waals surface area contributed by atoms with Crippen molar-refractivity contribution in [1.82, 2.24) is 21.3 Å². The molecule has 0 aromatic heterocycles. The number of nitrogens with one attached hydrogen (secondary N) is 4. The summed E-state index contributed by atoms with van der Waals surface area (Å²) < 4.78 is 87.8. The first kappa shape index (κ1) is 88.4. The summed E-state index contributed by atoms with van der Waals surface area (Å²) in [5.74, 6) is -8.58. The van der Waals surface area contributed by atoms with Gasteiger partial charge >= 0.3 is 5.97 Å². The van der Waals surface area contributed by atoms with Crippen LogP contribution in [0.25, 0.3) is 0 Å². The number of amides is 4. The first-order chi connectivity index (χ1) is 50.4. The van der Waals surface area contributed by atoms with Crippen LogP contribution >= 0.6 is 0 Å². The van der Waals surface area contributed by atoms with Crippen molar-refractivity contribution in [2.75, 3.05) is 52.9 Å². The molecular weight excluding hydrogens is 1470 g/mol. The maximum atomic E-state index is 13.0. The second-order valence-electron chi connectivity index (χ2n) is 26.8. The molecule has 0 aromatic rings. The number of hydrogen-bond donors (Lipinski definition) is 28. The van der Waals surface area contributed by atoms with Gasteiger partial charge in [-0.2, -0.15) is 0 Å². The number of aliphatic hydroxyl groups excluding tert-OH is 23. The first-order valence-corrected chi connectivity index (χ1v) is 33.7. The molecule has 0 aromatic carbocycles. The fourth-order valence-corrected chi connectivity index (χ4v) is 13.6. The van der Waals surface area contributed by atoms with Gasteiger partial charge in [-0.3, -0.25) is 19.2 Å². The highest BCUT2D eigenvalue weighted by molar-refractivity contribution is 5.77. The molecule has 41 atom stereocenters. The van der Waals surface area contributed by atoms with E-state index in [1.165, 1.54) is 0 Å².